The number of nitrogens with zero attached hydrogens (tertiary/aromatic N) is 1. The fraction of sp³-hybridized carbons (Fsp3) is 0.316. The largest absolute Gasteiger partial charge is 0.322 e. The Morgan fingerprint density at radius 3 is 2.52 bits per heavy atom. The topological polar surface area (TPSA) is 66.5 Å². The molecule has 144 valence electrons. The number of nitrogens with one attached hydrogen (secondary N) is 1. The predicted molar refractivity (Wildman–Crippen MR) is 118 cm³/mol. The highest BCUT2D eigenvalue weighted by molar-refractivity contribution is 14.1. The normalized spacial score (nSPS) is 18.3. The van der Waals surface area contributed by atoms with Crippen LogP contribution in [0, 0.1) is 3.57 Å². The summed E-state index contributed by atoms with van der Waals surface area (Å²) in [6.07, 6.45) is 2.84. The van der Waals surface area contributed by atoms with Gasteiger partial charge in [-0.05, 0) is 101 Å². The maximum atomic E-state index is 12.9. The molecule has 8 heteroatoms. The molecule has 0 aliphatic carbocycles. The highest BCUT2D eigenvalue weighted by Crippen LogP contribution is 2.26. The maximum absolute atomic E-state index is 12.9. The van der Waals surface area contributed by atoms with Gasteiger partial charge in [-0.2, -0.15) is 4.31 Å². The molecular formula is C19H20BrIN2O3S. The average Bonchev–Trinajstić information content (AvgIpc) is 2.64. The van der Waals surface area contributed by atoms with Gasteiger partial charge >= 0.3 is 0 Å². The molecule has 1 saturated heterocycles. The van der Waals surface area contributed by atoms with Gasteiger partial charge in [-0.15, -0.1) is 0 Å². The summed E-state index contributed by atoms with van der Waals surface area (Å²) in [4.78, 5) is 12.7. The van der Waals surface area contributed by atoms with Gasteiger partial charge < -0.3 is 5.32 Å². The summed E-state index contributed by atoms with van der Waals surface area (Å²) in [5, 5.41) is 2.81. The number of rotatable bonds is 4. The number of piperidine rings is 1. The van der Waals surface area contributed by atoms with Crippen molar-refractivity contribution in [3.05, 3.63) is 56.1 Å². The zero-order valence-electron chi connectivity index (χ0n) is 14.8. The lowest BCUT2D eigenvalue weighted by Gasteiger charge is -2.32. The lowest BCUT2D eigenvalue weighted by molar-refractivity contribution is 0.102. The molecule has 0 saturated carbocycles. The predicted octanol–water partition coefficient (Wildman–Crippen LogP) is 4.87. The molecule has 2 aromatic rings. The molecule has 1 atom stereocenters. The van der Waals surface area contributed by atoms with E-state index in [1.807, 2.05) is 13.0 Å². The number of hydrogen-bond acceptors (Lipinski definition) is 3. The highest BCUT2D eigenvalue weighted by Gasteiger charge is 2.30. The molecule has 0 aromatic heterocycles. The average molecular weight is 563 g/mol. The number of sulfonamides is 1. The van der Waals surface area contributed by atoms with E-state index in [4.69, 9.17) is 0 Å². The Morgan fingerprint density at radius 2 is 1.89 bits per heavy atom. The molecule has 0 bridgehead atoms. The molecule has 2 aromatic carbocycles. The van der Waals surface area contributed by atoms with E-state index in [0.717, 1.165) is 27.3 Å². The van der Waals surface area contributed by atoms with Crippen LogP contribution in [0.1, 0.15) is 36.5 Å². The van der Waals surface area contributed by atoms with Crippen LogP contribution < -0.4 is 5.32 Å². The van der Waals surface area contributed by atoms with Crippen molar-refractivity contribution >= 4 is 60.1 Å². The Labute approximate surface area is 181 Å². The van der Waals surface area contributed by atoms with Crippen molar-refractivity contribution in [2.75, 3.05) is 11.9 Å². The molecular weight excluding hydrogens is 543 g/mol. The van der Waals surface area contributed by atoms with Crippen molar-refractivity contribution in [3.8, 4) is 0 Å². The first-order valence-corrected chi connectivity index (χ1v) is 12.0. The fourth-order valence-electron chi connectivity index (χ4n) is 3.12. The van der Waals surface area contributed by atoms with Gasteiger partial charge in [0.25, 0.3) is 5.91 Å². The second kappa shape index (κ2) is 8.59. The molecule has 1 heterocycles. The van der Waals surface area contributed by atoms with Crippen molar-refractivity contribution in [1.29, 1.82) is 0 Å². The fourth-order valence-corrected chi connectivity index (χ4v) is 5.58. The molecule has 1 amide bonds. The number of anilines is 1. The molecule has 5 nitrogen and oxygen atoms in total. The van der Waals surface area contributed by atoms with E-state index in [9.17, 15) is 13.2 Å². The second-order valence-corrected chi connectivity index (χ2v) is 10.5. The zero-order chi connectivity index (χ0) is 19.6. The van der Waals surface area contributed by atoms with Crippen LogP contribution in [0.4, 0.5) is 5.69 Å². The molecule has 3 rings (SSSR count). The lowest BCUT2D eigenvalue weighted by atomic mass is 10.1. The van der Waals surface area contributed by atoms with Gasteiger partial charge in [-0.1, -0.05) is 6.42 Å². The van der Waals surface area contributed by atoms with Crippen LogP contribution in [0.25, 0.3) is 0 Å². The molecule has 1 N–H and O–H groups in total. The maximum Gasteiger partial charge on any atom is 0.255 e. The van der Waals surface area contributed by atoms with Crippen LogP contribution in [-0.2, 0) is 10.0 Å². The summed E-state index contributed by atoms with van der Waals surface area (Å²) < 4.78 is 29.2. The van der Waals surface area contributed by atoms with Crippen LogP contribution in [-0.4, -0.2) is 31.2 Å². The van der Waals surface area contributed by atoms with Gasteiger partial charge in [0.15, 0.2) is 0 Å². The smallest absolute Gasteiger partial charge is 0.255 e. The minimum absolute atomic E-state index is 0.0167. The lowest BCUT2D eigenvalue weighted by Crippen LogP contribution is -2.41. The van der Waals surface area contributed by atoms with E-state index in [0.29, 0.717) is 17.8 Å². The van der Waals surface area contributed by atoms with E-state index in [2.05, 4.69) is 43.8 Å². The Kier molecular flexibility index (Phi) is 6.60. The Balaban J connectivity index is 1.75. The quantitative estimate of drug-likeness (QED) is 0.541. The van der Waals surface area contributed by atoms with Crippen molar-refractivity contribution in [2.45, 2.75) is 37.1 Å². The van der Waals surface area contributed by atoms with E-state index >= 15 is 0 Å². The molecule has 0 spiro atoms. The molecule has 1 aliphatic heterocycles. The van der Waals surface area contributed by atoms with Gasteiger partial charge in [0, 0.05) is 31.9 Å². The highest BCUT2D eigenvalue weighted by atomic mass is 127. The number of carbonyl (C=O) groups excluding carboxylic acids is 1. The van der Waals surface area contributed by atoms with Crippen LogP contribution in [0.5, 0.6) is 0 Å². The van der Waals surface area contributed by atoms with Crippen LogP contribution in [0.15, 0.2) is 51.8 Å². The first-order chi connectivity index (χ1) is 12.8. The van der Waals surface area contributed by atoms with Crippen molar-refractivity contribution < 1.29 is 13.2 Å². The summed E-state index contributed by atoms with van der Waals surface area (Å²) in [6.45, 7) is 2.51. The Morgan fingerprint density at radius 1 is 1.19 bits per heavy atom. The standard InChI is InChI=1S/C19H20BrIN2O3S/c1-13-4-2-3-11-23(13)27(25,26)16-8-6-15(7-9-16)22-19(24)14-5-10-17(20)18(21)12-14/h5-10,12-13H,2-4,11H2,1H3,(H,22,24)/t13-/m0/s1. The summed E-state index contributed by atoms with van der Waals surface area (Å²) in [5.41, 5.74) is 1.10. The third kappa shape index (κ3) is 4.72. The van der Waals surface area contributed by atoms with E-state index in [-0.39, 0.29) is 16.8 Å². The molecule has 0 unspecified atom stereocenters. The zero-order valence-corrected chi connectivity index (χ0v) is 19.3. The number of halogens is 2. The van der Waals surface area contributed by atoms with Gasteiger partial charge in [0.1, 0.15) is 0 Å². The summed E-state index contributed by atoms with van der Waals surface area (Å²) in [5.74, 6) is -0.235. The Hall–Kier alpha value is -0.970. The monoisotopic (exact) mass is 562 g/mol. The second-order valence-electron chi connectivity index (χ2n) is 6.57. The minimum atomic E-state index is -3.50. The summed E-state index contributed by atoms with van der Waals surface area (Å²) >= 11 is 5.56. The van der Waals surface area contributed by atoms with E-state index < -0.39 is 10.0 Å². The number of benzene rings is 2. The van der Waals surface area contributed by atoms with E-state index in [1.165, 1.54) is 0 Å². The first kappa shape index (κ1) is 20.8. The molecule has 27 heavy (non-hydrogen) atoms. The van der Waals surface area contributed by atoms with Crippen molar-refractivity contribution in [3.63, 3.8) is 0 Å². The van der Waals surface area contributed by atoms with Crippen LogP contribution in [0.3, 0.4) is 0 Å². The third-order valence-corrected chi connectivity index (χ3v) is 9.00. The van der Waals surface area contributed by atoms with Gasteiger partial charge in [-0.3, -0.25) is 4.79 Å². The van der Waals surface area contributed by atoms with Gasteiger partial charge in [-0.25, -0.2) is 8.42 Å². The molecule has 0 radical (unpaired) electrons. The minimum Gasteiger partial charge on any atom is -0.322 e. The SMILES string of the molecule is C[C@H]1CCCCN1S(=O)(=O)c1ccc(NC(=O)c2ccc(Br)c(I)c2)cc1. The number of carbonyl (C=O) groups is 1. The van der Waals surface area contributed by atoms with Crippen molar-refractivity contribution in [1.82, 2.24) is 4.31 Å². The molecule has 1 aliphatic rings. The van der Waals surface area contributed by atoms with Gasteiger partial charge in [0.2, 0.25) is 10.0 Å². The summed E-state index contributed by atoms with van der Waals surface area (Å²) in [6, 6.07) is 11.7. The first-order valence-electron chi connectivity index (χ1n) is 8.67. The Bertz CT molecular complexity index is 948. The number of amides is 1. The van der Waals surface area contributed by atoms with Crippen molar-refractivity contribution in [2.24, 2.45) is 0 Å². The number of hydrogen-bond donors (Lipinski definition) is 1. The van der Waals surface area contributed by atoms with Crippen LogP contribution in [0.2, 0.25) is 0 Å². The summed E-state index contributed by atoms with van der Waals surface area (Å²) in [7, 11) is -3.50. The molecule has 1 fully saturated rings. The van der Waals surface area contributed by atoms with Crippen LogP contribution >= 0.6 is 38.5 Å². The van der Waals surface area contributed by atoms with E-state index in [1.54, 1.807) is 40.7 Å². The third-order valence-electron chi connectivity index (χ3n) is 4.64. The van der Waals surface area contributed by atoms with Gasteiger partial charge in [0.05, 0.1) is 4.90 Å².